The van der Waals surface area contributed by atoms with Crippen LogP contribution in [0.2, 0.25) is 20.1 Å². The van der Waals surface area contributed by atoms with Crippen molar-refractivity contribution in [3.8, 4) is 0 Å². The summed E-state index contributed by atoms with van der Waals surface area (Å²) in [6, 6.07) is 28.0. The molecule has 0 aliphatic carbocycles. The molecule has 4 aromatic carbocycles. The fourth-order valence-corrected chi connectivity index (χ4v) is 4.46. The van der Waals surface area contributed by atoms with E-state index in [4.69, 9.17) is 46.4 Å². The fraction of sp³-hybridized carbons (Fsp3) is 0.0741. The predicted octanol–water partition coefficient (Wildman–Crippen LogP) is 8.48. The van der Waals surface area contributed by atoms with Crippen LogP contribution in [-0.4, -0.2) is 6.03 Å². The number of hydrogen-bond acceptors (Lipinski definition) is 1. The molecule has 0 heterocycles. The Morgan fingerprint density at radius 2 is 0.882 bits per heavy atom. The average molecular weight is 530 g/mol. The summed E-state index contributed by atoms with van der Waals surface area (Å²) in [5.74, 6) is 0. The van der Waals surface area contributed by atoms with Crippen LogP contribution in [0.3, 0.4) is 0 Å². The number of hydrogen-bond donors (Lipinski definition) is 2. The number of carbonyl (C=O) groups excluding carboxylic acids is 1. The minimum Gasteiger partial charge on any atom is -0.327 e. The van der Waals surface area contributed by atoms with Gasteiger partial charge in [0.05, 0.1) is 12.1 Å². The van der Waals surface area contributed by atoms with Crippen LogP contribution in [0, 0.1) is 0 Å². The van der Waals surface area contributed by atoms with Crippen LogP contribution >= 0.6 is 46.4 Å². The molecule has 0 bridgehead atoms. The smallest absolute Gasteiger partial charge is 0.316 e. The van der Waals surface area contributed by atoms with Gasteiger partial charge in [-0.25, -0.2) is 4.79 Å². The molecule has 4 aromatic rings. The first kappa shape index (κ1) is 24.4. The zero-order valence-corrected chi connectivity index (χ0v) is 20.8. The van der Waals surface area contributed by atoms with Crippen molar-refractivity contribution in [1.29, 1.82) is 0 Å². The highest BCUT2D eigenvalue weighted by Gasteiger charge is 2.23. The lowest BCUT2D eigenvalue weighted by molar-refractivity contribution is 0.236. The number of urea groups is 1. The third-order valence-corrected chi connectivity index (χ3v) is 6.58. The van der Waals surface area contributed by atoms with Gasteiger partial charge in [-0.05, 0) is 58.7 Å². The maximum absolute atomic E-state index is 13.4. The lowest BCUT2D eigenvalue weighted by atomic mass is 9.98. The van der Waals surface area contributed by atoms with Gasteiger partial charge in [-0.2, -0.15) is 0 Å². The van der Waals surface area contributed by atoms with Crippen LogP contribution in [-0.2, 0) is 0 Å². The van der Waals surface area contributed by atoms with Crippen LogP contribution in [0.1, 0.15) is 34.3 Å². The second-order valence-corrected chi connectivity index (χ2v) is 9.32. The molecule has 0 aliphatic rings. The number of amides is 2. The summed E-state index contributed by atoms with van der Waals surface area (Å²) in [5, 5.41) is 8.43. The Balaban J connectivity index is 1.67. The highest BCUT2D eigenvalue weighted by molar-refractivity contribution is 6.32. The van der Waals surface area contributed by atoms with Gasteiger partial charge in [-0.1, -0.05) is 107 Å². The topological polar surface area (TPSA) is 41.1 Å². The fourth-order valence-electron chi connectivity index (χ4n) is 3.71. The Morgan fingerprint density at radius 3 is 1.24 bits per heavy atom. The van der Waals surface area contributed by atoms with Crippen molar-refractivity contribution in [3.05, 3.63) is 139 Å². The highest BCUT2D eigenvalue weighted by atomic mass is 35.5. The number of benzene rings is 4. The molecule has 2 amide bonds. The van der Waals surface area contributed by atoms with E-state index in [1.54, 1.807) is 36.4 Å². The SMILES string of the molecule is O=C(NC(c1ccc(Cl)cc1)c1ccccc1Cl)NC(c1ccc(Cl)cc1)c1ccccc1Cl. The van der Waals surface area contributed by atoms with Crippen molar-refractivity contribution < 1.29 is 4.79 Å². The summed E-state index contributed by atoms with van der Waals surface area (Å²) in [6.45, 7) is 0. The Hall–Kier alpha value is -2.69. The Kier molecular flexibility index (Phi) is 8.02. The standard InChI is InChI=1S/C27H20Cl4N2O/c28-19-13-9-17(10-14-19)25(21-5-1-3-7-23(21)30)32-27(34)33-26(18-11-15-20(29)16-12-18)22-6-2-4-8-24(22)31/h1-16,25-26H,(H2,32,33,34). The van der Waals surface area contributed by atoms with Crippen molar-refractivity contribution >= 4 is 52.4 Å². The first-order valence-corrected chi connectivity index (χ1v) is 12.0. The molecule has 2 atom stereocenters. The quantitative estimate of drug-likeness (QED) is 0.258. The second-order valence-electron chi connectivity index (χ2n) is 7.63. The summed E-state index contributed by atoms with van der Waals surface area (Å²) in [7, 11) is 0. The molecule has 0 saturated carbocycles. The van der Waals surface area contributed by atoms with Crippen LogP contribution in [0.4, 0.5) is 4.79 Å². The van der Waals surface area contributed by atoms with E-state index in [9.17, 15) is 4.79 Å². The number of nitrogens with one attached hydrogen (secondary N) is 2. The van der Waals surface area contributed by atoms with Gasteiger partial charge in [-0.3, -0.25) is 0 Å². The highest BCUT2D eigenvalue weighted by Crippen LogP contribution is 2.31. The van der Waals surface area contributed by atoms with Gasteiger partial charge in [0, 0.05) is 20.1 Å². The normalized spacial score (nSPS) is 12.6. The largest absolute Gasteiger partial charge is 0.327 e. The third kappa shape index (κ3) is 5.86. The van der Waals surface area contributed by atoms with Crippen LogP contribution in [0.5, 0.6) is 0 Å². The summed E-state index contributed by atoms with van der Waals surface area (Å²) < 4.78 is 0. The van der Waals surface area contributed by atoms with Gasteiger partial charge >= 0.3 is 6.03 Å². The van der Waals surface area contributed by atoms with Crippen molar-refractivity contribution in [2.75, 3.05) is 0 Å². The summed E-state index contributed by atoms with van der Waals surface area (Å²) in [6.07, 6.45) is 0. The molecule has 172 valence electrons. The van der Waals surface area contributed by atoms with Gasteiger partial charge in [-0.15, -0.1) is 0 Å². The zero-order chi connectivity index (χ0) is 24.1. The zero-order valence-electron chi connectivity index (χ0n) is 17.8. The lowest BCUT2D eigenvalue weighted by Gasteiger charge is -2.25. The molecule has 0 aromatic heterocycles. The van der Waals surface area contributed by atoms with Gasteiger partial charge in [0.2, 0.25) is 0 Å². The van der Waals surface area contributed by atoms with E-state index in [0.29, 0.717) is 20.1 Å². The molecule has 4 rings (SSSR count). The molecule has 0 spiro atoms. The summed E-state index contributed by atoms with van der Waals surface area (Å²) in [4.78, 5) is 13.4. The molecule has 0 fully saturated rings. The molecular formula is C27H20Cl4N2O. The number of rotatable bonds is 6. The van der Waals surface area contributed by atoms with Gasteiger partial charge in [0.25, 0.3) is 0 Å². The molecule has 34 heavy (non-hydrogen) atoms. The van der Waals surface area contributed by atoms with E-state index in [2.05, 4.69) is 10.6 Å². The van der Waals surface area contributed by atoms with Gasteiger partial charge in [0.1, 0.15) is 0 Å². The molecule has 0 aliphatic heterocycles. The number of carbonyl (C=O) groups is 1. The monoisotopic (exact) mass is 528 g/mol. The van der Waals surface area contributed by atoms with Crippen molar-refractivity contribution in [3.63, 3.8) is 0 Å². The molecular weight excluding hydrogens is 510 g/mol. The Labute approximate surface area is 218 Å². The first-order valence-electron chi connectivity index (χ1n) is 10.5. The van der Waals surface area contributed by atoms with Gasteiger partial charge < -0.3 is 10.6 Å². The molecule has 2 unspecified atom stereocenters. The molecule has 0 radical (unpaired) electrons. The van der Waals surface area contributed by atoms with E-state index >= 15 is 0 Å². The maximum atomic E-state index is 13.4. The van der Waals surface area contributed by atoms with Crippen LogP contribution in [0.25, 0.3) is 0 Å². The molecule has 3 nitrogen and oxygen atoms in total. The van der Waals surface area contributed by atoms with E-state index in [-0.39, 0.29) is 6.03 Å². The van der Waals surface area contributed by atoms with Crippen molar-refractivity contribution in [1.82, 2.24) is 10.6 Å². The minimum absolute atomic E-state index is 0.389. The Bertz CT molecular complexity index is 1180. The number of halogens is 4. The van der Waals surface area contributed by atoms with E-state index < -0.39 is 12.1 Å². The molecule has 7 heteroatoms. The van der Waals surface area contributed by atoms with Crippen molar-refractivity contribution in [2.45, 2.75) is 12.1 Å². The van der Waals surface area contributed by atoms with Gasteiger partial charge in [0.15, 0.2) is 0 Å². The van der Waals surface area contributed by atoms with E-state index in [1.165, 1.54) is 0 Å². The van der Waals surface area contributed by atoms with E-state index in [1.807, 2.05) is 60.7 Å². The first-order chi connectivity index (χ1) is 16.4. The Morgan fingerprint density at radius 1 is 0.529 bits per heavy atom. The summed E-state index contributed by atoms with van der Waals surface area (Å²) in [5.41, 5.74) is 3.21. The van der Waals surface area contributed by atoms with Crippen LogP contribution in [0.15, 0.2) is 97.1 Å². The van der Waals surface area contributed by atoms with Crippen molar-refractivity contribution in [2.24, 2.45) is 0 Å². The summed E-state index contributed by atoms with van der Waals surface area (Å²) >= 11 is 25.1. The maximum Gasteiger partial charge on any atom is 0.316 e. The average Bonchev–Trinajstić information content (AvgIpc) is 2.83. The molecule has 2 N–H and O–H groups in total. The second kappa shape index (κ2) is 11.2. The molecule has 0 saturated heterocycles. The van der Waals surface area contributed by atoms with Crippen LogP contribution < -0.4 is 10.6 Å². The predicted molar refractivity (Wildman–Crippen MR) is 141 cm³/mol. The lowest BCUT2D eigenvalue weighted by Crippen LogP contribution is -2.40. The third-order valence-electron chi connectivity index (χ3n) is 5.39. The van der Waals surface area contributed by atoms with E-state index in [0.717, 1.165) is 22.3 Å². The minimum atomic E-state index is -0.497.